The molecule has 102 valence electrons. The largest absolute Gasteiger partial charge is 0.370 e. The van der Waals surface area contributed by atoms with E-state index in [1.54, 1.807) is 0 Å². The van der Waals surface area contributed by atoms with E-state index in [0.29, 0.717) is 12.0 Å². The van der Waals surface area contributed by atoms with Gasteiger partial charge in [-0.2, -0.15) is 0 Å². The van der Waals surface area contributed by atoms with Crippen molar-refractivity contribution in [2.24, 2.45) is 22.4 Å². The lowest BCUT2D eigenvalue weighted by Gasteiger charge is -2.24. The van der Waals surface area contributed by atoms with Crippen molar-refractivity contribution in [3.8, 4) is 0 Å². The van der Waals surface area contributed by atoms with Gasteiger partial charge >= 0.3 is 0 Å². The highest BCUT2D eigenvalue weighted by molar-refractivity contribution is 5.78. The fourth-order valence-electron chi connectivity index (χ4n) is 3.00. The van der Waals surface area contributed by atoms with Gasteiger partial charge in [0.15, 0.2) is 5.96 Å². The maximum absolute atomic E-state index is 11.1. The Hall–Kier alpha value is -1.26. The average molecular weight is 252 g/mol. The van der Waals surface area contributed by atoms with E-state index in [1.165, 1.54) is 25.7 Å². The summed E-state index contributed by atoms with van der Waals surface area (Å²) in [5, 5.41) is 3.30. The number of nitrogens with two attached hydrogens (primary N) is 2. The minimum absolute atomic E-state index is 0.0421. The van der Waals surface area contributed by atoms with Crippen LogP contribution in [0.3, 0.4) is 0 Å². The first-order valence-corrected chi connectivity index (χ1v) is 7.04. The molecule has 5 N–H and O–H groups in total. The van der Waals surface area contributed by atoms with Crippen molar-refractivity contribution < 1.29 is 4.79 Å². The summed E-state index contributed by atoms with van der Waals surface area (Å²) in [6, 6.07) is 0.769. The lowest BCUT2D eigenvalue weighted by molar-refractivity contribution is -0.122. The van der Waals surface area contributed by atoms with Crippen molar-refractivity contribution in [3.63, 3.8) is 0 Å². The molecule has 0 saturated heterocycles. The summed E-state index contributed by atoms with van der Waals surface area (Å²) in [4.78, 5) is 15.6. The Morgan fingerprint density at radius 3 is 2.17 bits per heavy atom. The van der Waals surface area contributed by atoms with Gasteiger partial charge in [0.1, 0.15) is 0 Å². The third-order valence-electron chi connectivity index (χ3n) is 4.13. The van der Waals surface area contributed by atoms with Crippen LogP contribution in [-0.2, 0) is 4.79 Å². The number of guanidine groups is 1. The predicted molar refractivity (Wildman–Crippen MR) is 72.0 cm³/mol. The van der Waals surface area contributed by atoms with E-state index < -0.39 is 0 Å². The molecular weight excluding hydrogens is 228 g/mol. The Balaban J connectivity index is 1.76. The Kier molecular flexibility index (Phi) is 4.44. The third kappa shape index (κ3) is 3.62. The molecule has 0 aliphatic heterocycles. The van der Waals surface area contributed by atoms with Gasteiger partial charge in [-0.05, 0) is 38.5 Å². The Labute approximate surface area is 108 Å². The van der Waals surface area contributed by atoms with E-state index in [-0.39, 0.29) is 17.9 Å². The number of primary amides is 1. The zero-order valence-electron chi connectivity index (χ0n) is 10.9. The molecule has 0 spiro atoms. The number of aliphatic imine (C=N–C) groups is 1. The van der Waals surface area contributed by atoms with Gasteiger partial charge in [0, 0.05) is 12.0 Å². The number of carbonyl (C=O) groups excluding carboxylic acids is 1. The summed E-state index contributed by atoms with van der Waals surface area (Å²) >= 11 is 0. The van der Waals surface area contributed by atoms with Crippen molar-refractivity contribution in [2.45, 2.75) is 63.5 Å². The first kappa shape index (κ1) is 13.2. The van der Waals surface area contributed by atoms with Crippen LogP contribution in [0.25, 0.3) is 0 Å². The van der Waals surface area contributed by atoms with Gasteiger partial charge in [0.25, 0.3) is 0 Å². The number of nitrogens with one attached hydrogen (secondary N) is 1. The lowest BCUT2D eigenvalue weighted by Crippen LogP contribution is -2.40. The standard InChI is InChI=1S/C13H24N4O/c14-12(18)9-5-7-11(8-6-9)17-13(15)16-10-3-1-2-4-10/h9-11H,1-8H2,(H2,14,18)(H3,15,16,17). The van der Waals surface area contributed by atoms with Crippen LogP contribution < -0.4 is 16.8 Å². The highest BCUT2D eigenvalue weighted by atomic mass is 16.1. The second-order valence-electron chi connectivity index (χ2n) is 5.55. The van der Waals surface area contributed by atoms with Gasteiger partial charge in [-0.1, -0.05) is 12.8 Å². The SMILES string of the molecule is NC(=O)C1CCC(N=C(N)NC2CCCC2)CC1. The molecule has 2 aliphatic carbocycles. The molecule has 1 amide bonds. The van der Waals surface area contributed by atoms with Crippen molar-refractivity contribution in [3.05, 3.63) is 0 Å². The van der Waals surface area contributed by atoms with Crippen LogP contribution in [0.5, 0.6) is 0 Å². The molecule has 0 bridgehead atoms. The molecule has 0 atom stereocenters. The van der Waals surface area contributed by atoms with Crippen LogP contribution in [0.2, 0.25) is 0 Å². The molecule has 5 heteroatoms. The van der Waals surface area contributed by atoms with Gasteiger partial charge < -0.3 is 16.8 Å². The van der Waals surface area contributed by atoms with Crippen molar-refractivity contribution in [1.29, 1.82) is 0 Å². The maximum atomic E-state index is 11.1. The zero-order valence-corrected chi connectivity index (χ0v) is 10.9. The quantitative estimate of drug-likeness (QED) is 0.514. The van der Waals surface area contributed by atoms with E-state index in [2.05, 4.69) is 10.3 Å². The van der Waals surface area contributed by atoms with Gasteiger partial charge in [0.2, 0.25) is 5.91 Å². The van der Waals surface area contributed by atoms with Crippen LogP contribution in [-0.4, -0.2) is 24.0 Å². The molecule has 0 aromatic rings. The van der Waals surface area contributed by atoms with E-state index >= 15 is 0 Å². The molecule has 2 rings (SSSR count). The summed E-state index contributed by atoms with van der Waals surface area (Å²) < 4.78 is 0. The molecule has 2 saturated carbocycles. The molecule has 2 aliphatic rings. The van der Waals surface area contributed by atoms with Gasteiger partial charge in [-0.15, -0.1) is 0 Å². The highest BCUT2D eigenvalue weighted by Crippen LogP contribution is 2.26. The molecule has 5 nitrogen and oxygen atoms in total. The maximum Gasteiger partial charge on any atom is 0.220 e. The molecule has 0 aromatic carbocycles. The molecular formula is C13H24N4O. The second kappa shape index (κ2) is 6.07. The number of rotatable bonds is 3. The molecule has 0 radical (unpaired) electrons. The number of nitrogens with zero attached hydrogens (tertiary/aromatic N) is 1. The van der Waals surface area contributed by atoms with Crippen molar-refractivity contribution >= 4 is 11.9 Å². The minimum atomic E-state index is -0.172. The predicted octanol–water partition coefficient (Wildman–Crippen LogP) is 0.877. The smallest absolute Gasteiger partial charge is 0.220 e. The van der Waals surface area contributed by atoms with Crippen molar-refractivity contribution in [1.82, 2.24) is 5.32 Å². The molecule has 18 heavy (non-hydrogen) atoms. The first-order chi connectivity index (χ1) is 8.65. The van der Waals surface area contributed by atoms with Crippen LogP contribution in [0.15, 0.2) is 4.99 Å². The first-order valence-electron chi connectivity index (χ1n) is 7.04. The summed E-state index contributed by atoms with van der Waals surface area (Å²) in [7, 11) is 0. The van der Waals surface area contributed by atoms with Crippen molar-refractivity contribution in [2.75, 3.05) is 0 Å². The lowest BCUT2D eigenvalue weighted by atomic mass is 9.86. The third-order valence-corrected chi connectivity index (χ3v) is 4.13. The number of hydrogen-bond donors (Lipinski definition) is 3. The molecule has 0 aromatic heterocycles. The van der Waals surface area contributed by atoms with Crippen LogP contribution in [0, 0.1) is 5.92 Å². The second-order valence-corrected chi connectivity index (χ2v) is 5.55. The summed E-state index contributed by atoms with van der Waals surface area (Å²) in [6.45, 7) is 0. The number of carbonyl (C=O) groups is 1. The van der Waals surface area contributed by atoms with E-state index in [1.807, 2.05) is 0 Å². The molecule has 0 heterocycles. The zero-order chi connectivity index (χ0) is 13.0. The van der Waals surface area contributed by atoms with Crippen LogP contribution in [0.4, 0.5) is 0 Å². The van der Waals surface area contributed by atoms with Gasteiger partial charge in [-0.3, -0.25) is 9.79 Å². The Morgan fingerprint density at radius 2 is 1.61 bits per heavy atom. The fraction of sp³-hybridized carbons (Fsp3) is 0.846. The number of amides is 1. The summed E-state index contributed by atoms with van der Waals surface area (Å²) in [5.74, 6) is 0.444. The van der Waals surface area contributed by atoms with Crippen LogP contribution in [0.1, 0.15) is 51.4 Å². The van der Waals surface area contributed by atoms with Gasteiger partial charge in [-0.25, -0.2) is 0 Å². The average Bonchev–Trinajstić information content (AvgIpc) is 2.82. The topological polar surface area (TPSA) is 93.5 Å². The normalized spacial score (nSPS) is 30.3. The highest BCUT2D eigenvalue weighted by Gasteiger charge is 2.24. The summed E-state index contributed by atoms with van der Waals surface area (Å²) in [6.07, 6.45) is 8.50. The Morgan fingerprint density at radius 1 is 1.00 bits per heavy atom. The van der Waals surface area contributed by atoms with E-state index in [4.69, 9.17) is 11.5 Å². The monoisotopic (exact) mass is 252 g/mol. The van der Waals surface area contributed by atoms with E-state index in [0.717, 1.165) is 25.7 Å². The minimum Gasteiger partial charge on any atom is -0.370 e. The number of hydrogen-bond acceptors (Lipinski definition) is 2. The summed E-state index contributed by atoms with van der Waals surface area (Å²) in [5.41, 5.74) is 11.2. The van der Waals surface area contributed by atoms with E-state index in [9.17, 15) is 4.79 Å². The molecule has 0 unspecified atom stereocenters. The molecule has 2 fully saturated rings. The van der Waals surface area contributed by atoms with Crippen LogP contribution >= 0.6 is 0 Å². The fourth-order valence-corrected chi connectivity index (χ4v) is 3.00. The van der Waals surface area contributed by atoms with Gasteiger partial charge in [0.05, 0.1) is 6.04 Å². The Bertz CT molecular complexity index is 315.